The van der Waals surface area contributed by atoms with Crippen molar-refractivity contribution in [3.8, 4) is 0 Å². The topological polar surface area (TPSA) is 40.5 Å². The van der Waals surface area contributed by atoms with Gasteiger partial charge >= 0.3 is 0 Å². The van der Waals surface area contributed by atoms with Crippen molar-refractivity contribution in [3.05, 3.63) is 0 Å². The van der Waals surface area contributed by atoms with Crippen molar-refractivity contribution in [3.63, 3.8) is 0 Å². The predicted octanol–water partition coefficient (Wildman–Crippen LogP) is 6.69. The van der Waals surface area contributed by atoms with E-state index in [0.717, 1.165) is 37.0 Å². The third-order valence-electron chi connectivity index (χ3n) is 13.5. The molecule has 0 aromatic heterocycles. The molecule has 0 saturated heterocycles. The molecule has 5 rings (SSSR count). The van der Waals surface area contributed by atoms with Crippen LogP contribution < -0.4 is 0 Å². The molecule has 2 N–H and O–H groups in total. The van der Waals surface area contributed by atoms with Crippen molar-refractivity contribution in [2.24, 2.45) is 63.1 Å². The highest BCUT2D eigenvalue weighted by Gasteiger charge is 2.70. The summed E-state index contributed by atoms with van der Waals surface area (Å²) in [4.78, 5) is 0. The van der Waals surface area contributed by atoms with E-state index in [2.05, 4.69) is 48.5 Å². The van der Waals surface area contributed by atoms with Crippen LogP contribution in [-0.2, 0) is 0 Å². The second-order valence-corrected chi connectivity index (χ2v) is 14.5. The predicted molar refractivity (Wildman–Crippen MR) is 127 cm³/mol. The van der Waals surface area contributed by atoms with Crippen molar-refractivity contribution < 1.29 is 10.2 Å². The van der Waals surface area contributed by atoms with Crippen molar-refractivity contribution in [2.45, 2.75) is 118 Å². The minimum Gasteiger partial charge on any atom is -0.393 e. The van der Waals surface area contributed by atoms with E-state index in [1.54, 1.807) is 0 Å². The van der Waals surface area contributed by atoms with Gasteiger partial charge in [0.05, 0.1) is 12.2 Å². The Kier molecular flexibility index (Phi) is 5.10. The van der Waals surface area contributed by atoms with Crippen LogP contribution in [0, 0.1) is 63.1 Å². The first kappa shape index (κ1) is 22.7. The maximum atomic E-state index is 11.9. The van der Waals surface area contributed by atoms with E-state index in [0.29, 0.717) is 29.1 Å². The Balaban J connectivity index is 1.56. The monoisotopic (exact) mass is 430 g/mol. The zero-order chi connectivity index (χ0) is 22.6. The van der Waals surface area contributed by atoms with Gasteiger partial charge in [-0.25, -0.2) is 0 Å². The summed E-state index contributed by atoms with van der Waals surface area (Å²) in [7, 11) is 0. The second kappa shape index (κ2) is 6.97. The van der Waals surface area contributed by atoms with Crippen LogP contribution in [0.4, 0.5) is 0 Å². The van der Waals surface area contributed by atoms with Crippen molar-refractivity contribution >= 4 is 0 Å². The maximum Gasteiger partial charge on any atom is 0.0594 e. The summed E-state index contributed by atoms with van der Waals surface area (Å²) < 4.78 is 0. The number of aliphatic hydroxyl groups is 2. The summed E-state index contributed by atoms with van der Waals surface area (Å²) in [5.74, 6) is 4.73. The largest absolute Gasteiger partial charge is 0.393 e. The molecule has 0 radical (unpaired) electrons. The first-order valence-electron chi connectivity index (χ1n) is 13.7. The Bertz CT molecular complexity index is 714. The van der Waals surface area contributed by atoms with Gasteiger partial charge in [-0.1, -0.05) is 54.9 Å². The molecule has 5 fully saturated rings. The average molecular weight is 431 g/mol. The molecule has 178 valence electrons. The highest BCUT2D eigenvalue weighted by Crippen LogP contribution is 2.75. The molecule has 5 saturated carbocycles. The highest BCUT2D eigenvalue weighted by molar-refractivity contribution is 5.19. The fourth-order valence-corrected chi connectivity index (χ4v) is 11.3. The molecule has 5 aliphatic rings. The molecule has 0 amide bonds. The van der Waals surface area contributed by atoms with E-state index in [-0.39, 0.29) is 28.5 Å². The highest BCUT2D eigenvalue weighted by atomic mass is 16.3. The number of hydrogen-bond donors (Lipinski definition) is 2. The molecule has 2 nitrogen and oxygen atoms in total. The zero-order valence-corrected chi connectivity index (χ0v) is 21.5. The first-order chi connectivity index (χ1) is 14.4. The standard InChI is InChI=1S/C29H50O2/c1-17-8-9-19-10-14-29(7)25(24(19)18(17)2)20(30)16-22-27(5)13-12-23(31)26(3,4)21(27)11-15-28(22,29)6/h17-25,30-31H,8-16H2,1-7H3/t17-,18+,19-,20?,21+,22-,23-,24-,25-,27+,28-,29-/m1/s1. The summed E-state index contributed by atoms with van der Waals surface area (Å²) in [5, 5.41) is 22.8. The van der Waals surface area contributed by atoms with E-state index in [1.807, 2.05) is 0 Å². The van der Waals surface area contributed by atoms with Gasteiger partial charge in [0.1, 0.15) is 0 Å². The van der Waals surface area contributed by atoms with Crippen LogP contribution >= 0.6 is 0 Å². The molecule has 2 heteroatoms. The lowest BCUT2D eigenvalue weighted by Gasteiger charge is -2.73. The van der Waals surface area contributed by atoms with Gasteiger partial charge in [-0.15, -0.1) is 0 Å². The van der Waals surface area contributed by atoms with Gasteiger partial charge in [-0.3, -0.25) is 0 Å². The zero-order valence-electron chi connectivity index (χ0n) is 21.5. The van der Waals surface area contributed by atoms with E-state index < -0.39 is 0 Å². The molecule has 5 aliphatic carbocycles. The molecule has 31 heavy (non-hydrogen) atoms. The summed E-state index contributed by atoms with van der Waals surface area (Å²) in [6, 6.07) is 0. The summed E-state index contributed by atoms with van der Waals surface area (Å²) in [6.07, 6.45) is 10.8. The third kappa shape index (κ3) is 2.76. The molecule has 0 aromatic rings. The van der Waals surface area contributed by atoms with Gasteiger partial charge in [0.15, 0.2) is 0 Å². The van der Waals surface area contributed by atoms with Gasteiger partial charge < -0.3 is 10.2 Å². The van der Waals surface area contributed by atoms with E-state index >= 15 is 0 Å². The summed E-state index contributed by atoms with van der Waals surface area (Å²) in [5.41, 5.74) is 0.789. The Morgan fingerprint density at radius 1 is 0.710 bits per heavy atom. The lowest BCUT2D eigenvalue weighted by molar-refractivity contribution is -0.271. The van der Waals surface area contributed by atoms with Crippen molar-refractivity contribution in [1.29, 1.82) is 0 Å². The summed E-state index contributed by atoms with van der Waals surface area (Å²) in [6.45, 7) is 17.4. The molecule has 0 spiro atoms. The fraction of sp³-hybridized carbons (Fsp3) is 1.00. The van der Waals surface area contributed by atoms with Crippen molar-refractivity contribution in [2.75, 3.05) is 0 Å². The molecular formula is C29H50O2. The van der Waals surface area contributed by atoms with Crippen LogP contribution in [0.1, 0.15) is 106 Å². The molecular weight excluding hydrogens is 380 g/mol. The van der Waals surface area contributed by atoms with E-state index in [1.165, 1.54) is 38.5 Å². The minimum absolute atomic E-state index is 0.0119. The van der Waals surface area contributed by atoms with Crippen LogP contribution in [0.15, 0.2) is 0 Å². The Morgan fingerprint density at radius 3 is 2.10 bits per heavy atom. The number of fused-ring (bicyclic) bond motifs is 7. The molecule has 0 aromatic carbocycles. The van der Waals surface area contributed by atoms with Crippen LogP contribution in [0.2, 0.25) is 0 Å². The third-order valence-corrected chi connectivity index (χ3v) is 13.5. The number of hydrogen-bond acceptors (Lipinski definition) is 2. The molecule has 0 bridgehead atoms. The van der Waals surface area contributed by atoms with Crippen LogP contribution in [0.25, 0.3) is 0 Å². The molecule has 1 unspecified atom stereocenters. The Hall–Kier alpha value is -0.0800. The maximum absolute atomic E-state index is 11.9. The fourth-order valence-electron chi connectivity index (χ4n) is 11.3. The number of aliphatic hydroxyl groups excluding tert-OH is 2. The van der Waals surface area contributed by atoms with Gasteiger partial charge in [-0.05, 0) is 114 Å². The normalized spacial score (nSPS) is 60.9. The number of rotatable bonds is 0. The van der Waals surface area contributed by atoms with Gasteiger partial charge in [0.25, 0.3) is 0 Å². The van der Waals surface area contributed by atoms with Crippen LogP contribution in [0.3, 0.4) is 0 Å². The lowest BCUT2D eigenvalue weighted by Crippen LogP contribution is -2.69. The van der Waals surface area contributed by atoms with Crippen LogP contribution in [-0.4, -0.2) is 22.4 Å². The van der Waals surface area contributed by atoms with E-state index in [9.17, 15) is 10.2 Å². The summed E-state index contributed by atoms with van der Waals surface area (Å²) >= 11 is 0. The minimum atomic E-state index is -0.174. The first-order valence-corrected chi connectivity index (χ1v) is 13.7. The van der Waals surface area contributed by atoms with Gasteiger partial charge in [0.2, 0.25) is 0 Å². The lowest BCUT2D eigenvalue weighted by atomic mass is 9.32. The smallest absolute Gasteiger partial charge is 0.0594 e. The van der Waals surface area contributed by atoms with Gasteiger partial charge in [-0.2, -0.15) is 0 Å². The van der Waals surface area contributed by atoms with Crippen LogP contribution in [0.5, 0.6) is 0 Å². The molecule has 0 aliphatic heterocycles. The van der Waals surface area contributed by atoms with Gasteiger partial charge in [0, 0.05) is 0 Å². The average Bonchev–Trinajstić information content (AvgIpc) is 2.70. The SMILES string of the molecule is C[C@@H]1[C@@H]2[C@H](CC[C@H]1C)CC[C@]1(C)[C@@H]2C(O)C[C@@H]2[C@@]3(C)CC[C@@H](O)C(C)(C)[C@@H]3CC[C@]21C. The second-order valence-electron chi connectivity index (χ2n) is 14.5. The van der Waals surface area contributed by atoms with E-state index in [4.69, 9.17) is 0 Å². The Labute approximate surface area is 192 Å². The molecule has 0 heterocycles. The van der Waals surface area contributed by atoms with Crippen molar-refractivity contribution in [1.82, 2.24) is 0 Å². The quantitative estimate of drug-likeness (QED) is 0.450. The molecule has 12 atom stereocenters. The Morgan fingerprint density at radius 2 is 1.39 bits per heavy atom.